The van der Waals surface area contributed by atoms with Crippen LogP contribution in [0.3, 0.4) is 0 Å². The number of likely N-dealkylation sites (N-methyl/N-ethyl adjacent to an activating group) is 1. The van der Waals surface area contributed by atoms with E-state index in [0.29, 0.717) is 119 Å². The average Bonchev–Trinajstić information content (AvgIpc) is 1.56. The first-order chi connectivity index (χ1) is 50.4. The van der Waals surface area contributed by atoms with E-state index in [-0.39, 0.29) is 50.3 Å². The lowest BCUT2D eigenvalue weighted by Gasteiger charge is -2.39. The molecule has 2 aliphatic heterocycles. The second-order valence-electron chi connectivity index (χ2n) is 28.9. The second kappa shape index (κ2) is 26.3. The van der Waals surface area contributed by atoms with Crippen molar-refractivity contribution in [2.45, 2.75) is 65.5 Å². The molecular weight excluding hydrogens is 1270 g/mol. The van der Waals surface area contributed by atoms with Crippen molar-refractivity contribution in [1.82, 2.24) is 33.8 Å². The molecule has 506 valence electrons. The molecule has 0 bridgehead atoms. The zero-order chi connectivity index (χ0) is 70.1. The summed E-state index contributed by atoms with van der Waals surface area (Å²) in [5, 5.41) is 9.14. The second-order valence-corrected chi connectivity index (χ2v) is 28.9. The minimum Gasteiger partial charge on any atom is -0.349 e. The molecule has 11 aromatic rings. The third-order valence-corrected chi connectivity index (χ3v) is 23.0. The van der Waals surface area contributed by atoms with Gasteiger partial charge < -0.3 is 23.8 Å². The number of carbonyl (C=O) groups is 4. The molecule has 2 aromatic heterocycles. The number of hydrogen-bond donors (Lipinski definition) is 0. The lowest BCUT2D eigenvalue weighted by atomic mass is 9.66. The number of benzene rings is 9. The molecule has 6 aliphatic rings. The van der Waals surface area contributed by atoms with E-state index in [0.717, 1.165) is 77.9 Å². The molecule has 17 rings (SSSR count). The Hall–Kier alpha value is -11.8. The van der Waals surface area contributed by atoms with Crippen molar-refractivity contribution in [1.29, 1.82) is 0 Å². The SMILES string of the molecule is C#CC=C(CCN1CN(CCC2C=CC=C3C=CC=CC32C)C2=C1C(=O)C1=C(C2=O)[N+](C)(CCc2ccc(-c3cccc4c(CCn5cnc6c5C(=O)c5c(ncn5CCc5cccc7ccccc57)C6=O)cccc34)c3ccccc23)CN1CCc1cccc2ccccc12)c1ccccc1C. The summed E-state index contributed by atoms with van der Waals surface area (Å²) in [6.07, 6.45) is 30.6. The van der Waals surface area contributed by atoms with Crippen LogP contribution in [0.25, 0.3) is 59.8 Å². The van der Waals surface area contributed by atoms with Gasteiger partial charge in [-0.25, -0.2) is 9.97 Å². The number of allylic oxidation sites excluding steroid dienone is 9. The molecular formula is C91H79N8O4+. The van der Waals surface area contributed by atoms with Gasteiger partial charge in [-0.05, 0) is 150 Å². The number of carbonyl (C=O) groups excluding carboxylic acids is 4. The highest BCUT2D eigenvalue weighted by Gasteiger charge is 2.56. The summed E-state index contributed by atoms with van der Waals surface area (Å²) in [7, 11) is 2.18. The summed E-state index contributed by atoms with van der Waals surface area (Å²) >= 11 is 0. The van der Waals surface area contributed by atoms with Crippen LogP contribution in [0.1, 0.15) is 85.5 Å². The van der Waals surface area contributed by atoms with E-state index >= 15 is 9.59 Å². The van der Waals surface area contributed by atoms with Crippen LogP contribution >= 0.6 is 0 Å². The fourth-order valence-corrected chi connectivity index (χ4v) is 17.6. The van der Waals surface area contributed by atoms with Crippen LogP contribution in [0, 0.1) is 30.6 Å². The van der Waals surface area contributed by atoms with E-state index in [1.165, 1.54) is 27.3 Å². The number of fused-ring (bicyclic) bond motifs is 7. The molecule has 0 saturated heterocycles. The molecule has 12 nitrogen and oxygen atoms in total. The van der Waals surface area contributed by atoms with Crippen LogP contribution < -0.4 is 0 Å². The molecule has 0 amide bonds. The Labute approximate surface area is 600 Å². The predicted octanol–water partition coefficient (Wildman–Crippen LogP) is 16.3. The number of rotatable bonds is 20. The summed E-state index contributed by atoms with van der Waals surface area (Å²) in [5.41, 5.74) is 14.1. The number of hydrogen-bond acceptors (Lipinski definition) is 9. The fraction of sp³-hybridized carbons (Fsp3) is 0.209. The zero-order valence-corrected chi connectivity index (χ0v) is 58.4. The zero-order valence-electron chi connectivity index (χ0n) is 58.4. The van der Waals surface area contributed by atoms with Gasteiger partial charge in [-0.2, -0.15) is 0 Å². The van der Waals surface area contributed by atoms with Gasteiger partial charge in [0.2, 0.25) is 23.0 Å². The van der Waals surface area contributed by atoms with E-state index in [4.69, 9.17) is 6.42 Å². The molecule has 4 aliphatic carbocycles. The van der Waals surface area contributed by atoms with Gasteiger partial charge >= 0.3 is 0 Å². The molecule has 3 unspecified atom stereocenters. The van der Waals surface area contributed by atoms with Gasteiger partial charge in [0.25, 0.3) is 5.78 Å². The molecule has 0 radical (unpaired) electrons. The number of terminal acetylenes is 1. The summed E-state index contributed by atoms with van der Waals surface area (Å²) in [5.74, 6) is 2.25. The van der Waals surface area contributed by atoms with Crippen LogP contribution in [-0.2, 0) is 48.4 Å². The number of quaternary nitrogens is 1. The number of ketones is 4. The molecule has 0 saturated carbocycles. The first-order valence-electron chi connectivity index (χ1n) is 36.1. The topological polar surface area (TPSA) is 114 Å². The van der Waals surface area contributed by atoms with Gasteiger partial charge in [0.1, 0.15) is 34.2 Å². The lowest BCUT2D eigenvalue weighted by molar-refractivity contribution is -0.869. The smallest absolute Gasteiger partial charge is 0.266 e. The van der Waals surface area contributed by atoms with Crippen molar-refractivity contribution < 1.29 is 23.7 Å². The largest absolute Gasteiger partial charge is 0.349 e. The highest BCUT2D eigenvalue weighted by Crippen LogP contribution is 2.48. The third kappa shape index (κ3) is 11.2. The average molecular weight is 1350 g/mol. The Morgan fingerprint density at radius 2 is 1.10 bits per heavy atom. The van der Waals surface area contributed by atoms with Crippen LogP contribution in [-0.4, -0.2) is 108 Å². The van der Waals surface area contributed by atoms with Crippen molar-refractivity contribution in [2.24, 2.45) is 11.3 Å². The Kier molecular flexibility index (Phi) is 16.5. The standard InChI is InChI=1S/C91H79N8O4/c1-5-21-61(70-33-9-6-22-60(70)2)45-52-96-58-97(54-47-69-32-19-31-68-30-14-15-49-91(68,69)3)84-83(96)89(102)85-86(90(84)103)99(4,59-98(85)53-46-65-28-17-26-63-24-8-11-35-72(63)65)55-48-67-41-42-78(75-37-13-12-36-73(67)75)77-40-20-38-74-66(29-18-39-76(74)77)44-51-95-57-93-80-82(95)88(101)81-79(87(80)100)92-56-94(81)50-43-64-27-16-25-62-23-7-10-34-71(62)64/h1,6-42,49,56-57,69H,43-48,50-55,58-59H2,2-4H3/q+1. The van der Waals surface area contributed by atoms with Crippen LogP contribution in [0.15, 0.2) is 272 Å². The molecule has 0 N–H and O–H groups in total. The maximum atomic E-state index is 16.4. The number of nitrogens with zero attached hydrogens (tertiary/aromatic N) is 8. The lowest BCUT2D eigenvalue weighted by Crippen LogP contribution is -2.48. The van der Waals surface area contributed by atoms with Gasteiger partial charge in [-0.1, -0.05) is 237 Å². The van der Waals surface area contributed by atoms with Crippen molar-refractivity contribution in [3.8, 4) is 23.5 Å². The maximum Gasteiger partial charge on any atom is 0.266 e. The van der Waals surface area contributed by atoms with E-state index in [1.54, 1.807) is 12.7 Å². The van der Waals surface area contributed by atoms with Crippen molar-refractivity contribution >= 4 is 71.8 Å². The van der Waals surface area contributed by atoms with Crippen molar-refractivity contribution in [3.63, 3.8) is 0 Å². The fourth-order valence-electron chi connectivity index (χ4n) is 17.6. The Balaban J connectivity index is 0.666. The van der Waals surface area contributed by atoms with Crippen LogP contribution in [0.4, 0.5) is 0 Å². The molecule has 0 fully saturated rings. The van der Waals surface area contributed by atoms with Gasteiger partial charge in [-0.15, -0.1) is 6.42 Å². The molecule has 0 spiro atoms. The molecule has 9 aromatic carbocycles. The van der Waals surface area contributed by atoms with E-state index in [2.05, 4.69) is 252 Å². The number of aromatic nitrogens is 4. The Morgan fingerprint density at radius 1 is 0.544 bits per heavy atom. The van der Waals surface area contributed by atoms with Crippen molar-refractivity contribution in [3.05, 3.63) is 328 Å². The minimum atomic E-state index is -0.334. The normalized spacial score (nSPS) is 19.1. The highest BCUT2D eigenvalue weighted by molar-refractivity contribution is 6.26. The van der Waals surface area contributed by atoms with E-state index in [9.17, 15) is 9.59 Å². The highest BCUT2D eigenvalue weighted by atomic mass is 16.2. The number of aryl methyl sites for hydroxylation is 5. The van der Waals surface area contributed by atoms with Gasteiger partial charge in [0, 0.05) is 44.6 Å². The Morgan fingerprint density at radius 3 is 1.79 bits per heavy atom. The molecule has 4 heterocycles. The minimum absolute atomic E-state index is 0.0680. The van der Waals surface area contributed by atoms with Crippen LogP contribution in [0.2, 0.25) is 0 Å². The summed E-state index contributed by atoms with van der Waals surface area (Å²) in [6.45, 7) is 8.41. The van der Waals surface area contributed by atoms with Gasteiger partial charge in [0.05, 0.1) is 32.9 Å². The van der Waals surface area contributed by atoms with Crippen LogP contribution in [0.5, 0.6) is 0 Å². The summed E-state index contributed by atoms with van der Waals surface area (Å²) in [6, 6.07) is 63.9. The van der Waals surface area contributed by atoms with Gasteiger partial charge in [-0.3, -0.25) is 23.7 Å². The molecule has 12 heteroatoms. The molecule has 3 atom stereocenters. The Bertz CT molecular complexity index is 5670. The summed E-state index contributed by atoms with van der Waals surface area (Å²) in [4.78, 5) is 77.0. The first kappa shape index (κ1) is 64.6. The predicted molar refractivity (Wildman–Crippen MR) is 410 cm³/mol. The number of imidazole rings is 2. The number of Topliss-reactive ketones (excluding diaryl/α,β-unsaturated/α-hetero) is 2. The molecule has 103 heavy (non-hydrogen) atoms. The monoisotopic (exact) mass is 1350 g/mol. The first-order valence-corrected chi connectivity index (χ1v) is 36.1. The maximum absolute atomic E-state index is 16.4. The van der Waals surface area contributed by atoms with E-state index < -0.39 is 0 Å². The van der Waals surface area contributed by atoms with Gasteiger partial charge in [0.15, 0.2) is 12.4 Å². The quantitative estimate of drug-likeness (QED) is 0.0418. The van der Waals surface area contributed by atoms with E-state index in [1.807, 2.05) is 39.5 Å². The third-order valence-electron chi connectivity index (χ3n) is 23.0. The summed E-state index contributed by atoms with van der Waals surface area (Å²) < 4.78 is 3.94. The van der Waals surface area contributed by atoms with Crippen molar-refractivity contribution in [2.75, 3.05) is 46.6 Å².